The second-order valence-corrected chi connectivity index (χ2v) is 7.38. The summed E-state index contributed by atoms with van der Waals surface area (Å²) in [6.07, 6.45) is 9.66. The van der Waals surface area contributed by atoms with Gasteiger partial charge in [0.1, 0.15) is 11.5 Å². The standard InChI is InChI=1S/C26H31NO2/c1-19(2)28-25-12-9-23(10-13-25)15-17-27-16-7-8-21(5)24-11-14-26(22(6)18-24)29-20(3)4/h7-20H,5H2,1-4,6H3/b8-7-,17-15+,27-16+. The van der Waals surface area contributed by atoms with Crippen LogP contribution in [0.15, 0.2) is 72.4 Å². The molecule has 0 aliphatic heterocycles. The average molecular weight is 390 g/mol. The van der Waals surface area contributed by atoms with Gasteiger partial charge in [0, 0.05) is 12.4 Å². The van der Waals surface area contributed by atoms with Gasteiger partial charge in [0.2, 0.25) is 0 Å². The second kappa shape index (κ2) is 11.1. The van der Waals surface area contributed by atoms with Gasteiger partial charge in [-0.1, -0.05) is 30.9 Å². The molecule has 0 heterocycles. The Labute approximate surface area is 175 Å². The Morgan fingerprint density at radius 1 is 0.966 bits per heavy atom. The summed E-state index contributed by atoms with van der Waals surface area (Å²) >= 11 is 0. The summed E-state index contributed by atoms with van der Waals surface area (Å²) in [5.74, 6) is 1.79. The van der Waals surface area contributed by atoms with Crippen molar-refractivity contribution in [3.8, 4) is 11.5 Å². The van der Waals surface area contributed by atoms with Crippen LogP contribution in [0.2, 0.25) is 0 Å². The summed E-state index contributed by atoms with van der Waals surface area (Å²) in [5, 5.41) is 0. The highest BCUT2D eigenvalue weighted by molar-refractivity contribution is 5.81. The molecule has 0 aliphatic carbocycles. The second-order valence-electron chi connectivity index (χ2n) is 7.38. The van der Waals surface area contributed by atoms with Gasteiger partial charge in [-0.2, -0.15) is 0 Å². The van der Waals surface area contributed by atoms with Crippen molar-refractivity contribution in [3.05, 3.63) is 84.1 Å². The van der Waals surface area contributed by atoms with E-state index < -0.39 is 0 Å². The van der Waals surface area contributed by atoms with Crippen molar-refractivity contribution < 1.29 is 9.47 Å². The summed E-state index contributed by atoms with van der Waals surface area (Å²) in [6.45, 7) is 14.3. The number of ether oxygens (including phenoxy) is 2. The molecule has 0 fully saturated rings. The van der Waals surface area contributed by atoms with Crippen LogP contribution in [-0.2, 0) is 0 Å². The van der Waals surface area contributed by atoms with Gasteiger partial charge in [-0.15, -0.1) is 0 Å². The largest absolute Gasteiger partial charge is 0.491 e. The van der Waals surface area contributed by atoms with E-state index in [9.17, 15) is 0 Å². The lowest BCUT2D eigenvalue weighted by molar-refractivity contribution is 0.240. The van der Waals surface area contributed by atoms with Crippen molar-refractivity contribution >= 4 is 17.9 Å². The van der Waals surface area contributed by atoms with Gasteiger partial charge >= 0.3 is 0 Å². The van der Waals surface area contributed by atoms with Gasteiger partial charge in [-0.3, -0.25) is 4.99 Å². The van der Waals surface area contributed by atoms with E-state index in [0.29, 0.717) is 0 Å². The maximum absolute atomic E-state index is 5.78. The molecule has 2 aromatic carbocycles. The minimum Gasteiger partial charge on any atom is -0.491 e. The lowest BCUT2D eigenvalue weighted by Crippen LogP contribution is -2.06. The van der Waals surface area contributed by atoms with E-state index in [0.717, 1.165) is 33.8 Å². The van der Waals surface area contributed by atoms with Crippen LogP contribution in [0.5, 0.6) is 11.5 Å². The van der Waals surface area contributed by atoms with E-state index in [1.807, 2.05) is 89.2 Å². The van der Waals surface area contributed by atoms with Crippen LogP contribution in [0, 0.1) is 6.92 Å². The van der Waals surface area contributed by atoms with Crippen LogP contribution in [0.1, 0.15) is 44.4 Å². The Kier molecular flexibility index (Phi) is 8.47. The first-order chi connectivity index (χ1) is 13.8. The van der Waals surface area contributed by atoms with Crippen molar-refractivity contribution in [2.45, 2.75) is 46.8 Å². The first-order valence-corrected chi connectivity index (χ1v) is 9.95. The molecule has 0 radical (unpaired) electrons. The third kappa shape index (κ3) is 7.82. The van der Waals surface area contributed by atoms with Gasteiger partial charge in [0.15, 0.2) is 0 Å². The zero-order valence-electron chi connectivity index (χ0n) is 18.1. The van der Waals surface area contributed by atoms with Crippen molar-refractivity contribution in [1.29, 1.82) is 0 Å². The quantitative estimate of drug-likeness (QED) is 0.346. The molecule has 152 valence electrons. The Hall–Kier alpha value is -3.07. The fraction of sp³-hybridized carbons (Fsp3) is 0.269. The van der Waals surface area contributed by atoms with Gasteiger partial charge in [0.25, 0.3) is 0 Å². The maximum atomic E-state index is 5.78. The smallest absolute Gasteiger partial charge is 0.122 e. The molecule has 0 saturated heterocycles. The number of hydrogen-bond acceptors (Lipinski definition) is 3. The van der Waals surface area contributed by atoms with Crippen LogP contribution in [0.4, 0.5) is 0 Å². The highest BCUT2D eigenvalue weighted by atomic mass is 16.5. The van der Waals surface area contributed by atoms with E-state index in [1.54, 1.807) is 12.4 Å². The minimum atomic E-state index is 0.165. The van der Waals surface area contributed by atoms with Crippen LogP contribution < -0.4 is 9.47 Å². The SMILES string of the molecule is C=C(\C=C/C=N/C=C/c1ccc(OC(C)C)cc1)c1ccc(OC(C)C)c(C)c1. The van der Waals surface area contributed by atoms with E-state index in [2.05, 4.69) is 17.6 Å². The first-order valence-electron chi connectivity index (χ1n) is 9.95. The topological polar surface area (TPSA) is 30.8 Å². The molecule has 0 bridgehead atoms. The minimum absolute atomic E-state index is 0.165. The predicted molar refractivity (Wildman–Crippen MR) is 125 cm³/mol. The zero-order chi connectivity index (χ0) is 21.2. The maximum Gasteiger partial charge on any atom is 0.122 e. The monoisotopic (exact) mass is 389 g/mol. The van der Waals surface area contributed by atoms with Crippen LogP contribution in [0.25, 0.3) is 11.6 Å². The average Bonchev–Trinajstić information content (AvgIpc) is 2.66. The molecule has 0 amide bonds. The van der Waals surface area contributed by atoms with Crippen molar-refractivity contribution in [2.24, 2.45) is 4.99 Å². The molecule has 29 heavy (non-hydrogen) atoms. The van der Waals surface area contributed by atoms with Gasteiger partial charge in [-0.05, 0) is 93.3 Å². The molecule has 0 aliphatic rings. The number of hydrogen-bond donors (Lipinski definition) is 0. The molecule has 0 aromatic heterocycles. The van der Waals surface area contributed by atoms with E-state index in [4.69, 9.17) is 9.47 Å². The molecule has 0 spiro atoms. The number of benzene rings is 2. The summed E-state index contributed by atoms with van der Waals surface area (Å²) in [4.78, 5) is 4.28. The Balaban J connectivity index is 1.88. The Morgan fingerprint density at radius 3 is 2.28 bits per heavy atom. The van der Waals surface area contributed by atoms with E-state index in [-0.39, 0.29) is 12.2 Å². The highest BCUT2D eigenvalue weighted by Gasteiger charge is 2.04. The molecular weight excluding hydrogens is 358 g/mol. The van der Waals surface area contributed by atoms with Crippen LogP contribution in [0.3, 0.4) is 0 Å². The normalized spacial score (nSPS) is 12.0. The summed E-state index contributed by atoms with van der Waals surface area (Å²) in [5.41, 5.74) is 4.18. The fourth-order valence-corrected chi connectivity index (χ4v) is 2.65. The number of nitrogens with zero attached hydrogens (tertiary/aromatic N) is 1. The lowest BCUT2D eigenvalue weighted by Gasteiger charge is -2.13. The van der Waals surface area contributed by atoms with Crippen LogP contribution >= 0.6 is 0 Å². The third-order valence-corrected chi connectivity index (χ3v) is 3.98. The number of aryl methyl sites for hydroxylation is 1. The third-order valence-electron chi connectivity index (χ3n) is 3.98. The molecule has 3 nitrogen and oxygen atoms in total. The molecular formula is C26H31NO2. The molecule has 0 unspecified atom stereocenters. The van der Waals surface area contributed by atoms with E-state index in [1.165, 1.54) is 0 Å². The molecule has 0 atom stereocenters. The number of aliphatic imine (C=N–C) groups is 1. The number of allylic oxidation sites excluding steroid dienone is 3. The summed E-state index contributed by atoms with van der Waals surface area (Å²) in [6, 6.07) is 14.1. The zero-order valence-corrected chi connectivity index (χ0v) is 18.1. The lowest BCUT2D eigenvalue weighted by atomic mass is 10.0. The molecule has 2 aromatic rings. The van der Waals surface area contributed by atoms with Gasteiger partial charge in [-0.25, -0.2) is 0 Å². The van der Waals surface area contributed by atoms with Crippen molar-refractivity contribution in [2.75, 3.05) is 0 Å². The highest BCUT2D eigenvalue weighted by Crippen LogP contribution is 2.24. The summed E-state index contributed by atoms with van der Waals surface area (Å²) in [7, 11) is 0. The molecule has 2 rings (SSSR count). The summed E-state index contributed by atoms with van der Waals surface area (Å²) < 4.78 is 11.4. The first kappa shape index (κ1) is 22.2. The predicted octanol–water partition coefficient (Wildman–Crippen LogP) is 6.88. The molecule has 0 saturated carbocycles. The van der Waals surface area contributed by atoms with Gasteiger partial charge in [0.05, 0.1) is 12.2 Å². The molecule has 3 heteroatoms. The fourth-order valence-electron chi connectivity index (χ4n) is 2.65. The molecule has 0 N–H and O–H groups in total. The number of rotatable bonds is 9. The van der Waals surface area contributed by atoms with Crippen molar-refractivity contribution in [3.63, 3.8) is 0 Å². The van der Waals surface area contributed by atoms with Crippen molar-refractivity contribution in [1.82, 2.24) is 0 Å². The Morgan fingerprint density at radius 2 is 1.66 bits per heavy atom. The van der Waals surface area contributed by atoms with E-state index >= 15 is 0 Å². The van der Waals surface area contributed by atoms with Crippen LogP contribution in [-0.4, -0.2) is 18.4 Å². The van der Waals surface area contributed by atoms with Gasteiger partial charge < -0.3 is 9.47 Å². The Bertz CT molecular complexity index is 887.